The minimum atomic E-state index is -1.29. The van der Waals surface area contributed by atoms with Crippen LogP contribution in [0.3, 0.4) is 0 Å². The predicted octanol–water partition coefficient (Wildman–Crippen LogP) is 4.02. The van der Waals surface area contributed by atoms with Gasteiger partial charge in [0, 0.05) is 22.2 Å². The molecule has 2 aromatic rings. The Kier molecular flexibility index (Phi) is 4.26. The molecule has 0 aromatic heterocycles. The number of aliphatic hydroxyl groups excluding tert-OH is 1. The van der Waals surface area contributed by atoms with Gasteiger partial charge in [-0.05, 0) is 36.8 Å². The molecule has 106 valence electrons. The number of rotatable bonds is 3. The number of ether oxygens (including phenoxy) is 1. The van der Waals surface area contributed by atoms with Crippen LogP contribution in [0.15, 0.2) is 30.3 Å². The number of aryl methyl sites for hydroxylation is 1. The van der Waals surface area contributed by atoms with Gasteiger partial charge in [-0.1, -0.05) is 11.6 Å². The van der Waals surface area contributed by atoms with E-state index in [4.69, 9.17) is 16.3 Å². The van der Waals surface area contributed by atoms with Crippen molar-refractivity contribution in [2.45, 2.75) is 13.0 Å². The van der Waals surface area contributed by atoms with E-state index in [2.05, 4.69) is 0 Å². The van der Waals surface area contributed by atoms with Crippen molar-refractivity contribution in [3.05, 3.63) is 63.7 Å². The Hall–Kier alpha value is -1.65. The summed E-state index contributed by atoms with van der Waals surface area (Å²) in [5.74, 6) is -1.09. The Morgan fingerprint density at radius 3 is 2.45 bits per heavy atom. The maximum atomic E-state index is 13.8. The molecule has 2 aromatic carbocycles. The minimum Gasteiger partial charge on any atom is -0.496 e. The lowest BCUT2D eigenvalue weighted by molar-refractivity contribution is 0.209. The highest BCUT2D eigenvalue weighted by atomic mass is 35.5. The van der Waals surface area contributed by atoms with Gasteiger partial charge in [-0.25, -0.2) is 8.78 Å². The van der Waals surface area contributed by atoms with Gasteiger partial charge in [0.05, 0.1) is 7.11 Å². The SMILES string of the molecule is COc1ccc(Cl)cc1C(O)c1cc(C)c(F)cc1F. The molecular weight excluding hydrogens is 286 g/mol. The fourth-order valence-electron chi connectivity index (χ4n) is 1.98. The maximum Gasteiger partial charge on any atom is 0.132 e. The van der Waals surface area contributed by atoms with Gasteiger partial charge in [0.15, 0.2) is 0 Å². The molecule has 0 fully saturated rings. The smallest absolute Gasteiger partial charge is 0.132 e. The van der Waals surface area contributed by atoms with Gasteiger partial charge in [-0.2, -0.15) is 0 Å². The van der Waals surface area contributed by atoms with Crippen LogP contribution in [0, 0.1) is 18.6 Å². The van der Waals surface area contributed by atoms with Crippen LogP contribution in [0.5, 0.6) is 5.75 Å². The second-order valence-electron chi connectivity index (χ2n) is 4.41. The summed E-state index contributed by atoms with van der Waals surface area (Å²) in [5, 5.41) is 10.7. The average molecular weight is 299 g/mol. The van der Waals surface area contributed by atoms with Crippen LogP contribution in [0.25, 0.3) is 0 Å². The molecule has 2 nitrogen and oxygen atoms in total. The van der Waals surface area contributed by atoms with Crippen molar-refractivity contribution in [2.75, 3.05) is 7.11 Å². The first-order valence-corrected chi connectivity index (χ1v) is 6.29. The summed E-state index contributed by atoms with van der Waals surface area (Å²) in [5.41, 5.74) is 0.552. The Morgan fingerprint density at radius 2 is 1.80 bits per heavy atom. The highest BCUT2D eigenvalue weighted by molar-refractivity contribution is 6.30. The van der Waals surface area contributed by atoms with Crippen molar-refractivity contribution >= 4 is 11.6 Å². The molecule has 20 heavy (non-hydrogen) atoms. The molecule has 1 N–H and O–H groups in total. The van der Waals surface area contributed by atoms with E-state index in [1.807, 2.05) is 0 Å². The number of methoxy groups -OCH3 is 1. The Labute approximate surface area is 120 Å². The third kappa shape index (κ3) is 2.76. The van der Waals surface area contributed by atoms with Crippen LogP contribution >= 0.6 is 11.6 Å². The van der Waals surface area contributed by atoms with Crippen LogP contribution in [-0.2, 0) is 0 Å². The molecule has 2 rings (SSSR count). The van der Waals surface area contributed by atoms with E-state index in [0.29, 0.717) is 16.3 Å². The Balaban J connectivity index is 2.54. The van der Waals surface area contributed by atoms with Gasteiger partial charge >= 0.3 is 0 Å². The number of hydrogen-bond acceptors (Lipinski definition) is 2. The summed E-state index contributed by atoms with van der Waals surface area (Å²) < 4.78 is 32.2. The zero-order valence-corrected chi connectivity index (χ0v) is 11.7. The monoisotopic (exact) mass is 298 g/mol. The third-order valence-corrected chi connectivity index (χ3v) is 3.29. The number of benzene rings is 2. The second kappa shape index (κ2) is 5.77. The average Bonchev–Trinajstić information content (AvgIpc) is 2.42. The Bertz CT molecular complexity index is 644. The quantitative estimate of drug-likeness (QED) is 0.927. The second-order valence-corrected chi connectivity index (χ2v) is 4.85. The first-order chi connectivity index (χ1) is 9.43. The number of aliphatic hydroxyl groups is 1. The molecule has 0 bridgehead atoms. The first kappa shape index (κ1) is 14.8. The molecule has 5 heteroatoms. The van der Waals surface area contributed by atoms with Crippen LogP contribution < -0.4 is 4.74 Å². The lowest BCUT2D eigenvalue weighted by atomic mass is 9.98. The molecular formula is C15H13ClF2O2. The molecule has 0 amide bonds. The van der Waals surface area contributed by atoms with E-state index in [0.717, 1.165) is 6.07 Å². The molecule has 0 saturated heterocycles. The van der Waals surface area contributed by atoms with Crippen molar-refractivity contribution < 1.29 is 18.6 Å². The predicted molar refractivity (Wildman–Crippen MR) is 73.2 cm³/mol. The van der Waals surface area contributed by atoms with E-state index < -0.39 is 17.7 Å². The number of hydrogen-bond donors (Lipinski definition) is 1. The van der Waals surface area contributed by atoms with Crippen LogP contribution in [0.1, 0.15) is 22.8 Å². The van der Waals surface area contributed by atoms with E-state index >= 15 is 0 Å². The molecule has 1 atom stereocenters. The van der Waals surface area contributed by atoms with Crippen molar-refractivity contribution in [2.24, 2.45) is 0 Å². The molecule has 0 aliphatic rings. The third-order valence-electron chi connectivity index (χ3n) is 3.06. The lowest BCUT2D eigenvalue weighted by Crippen LogP contribution is -2.06. The molecule has 1 unspecified atom stereocenters. The van der Waals surface area contributed by atoms with Crippen molar-refractivity contribution in [3.63, 3.8) is 0 Å². The van der Waals surface area contributed by atoms with Gasteiger partial charge in [-0.15, -0.1) is 0 Å². The molecule has 0 aliphatic heterocycles. The maximum absolute atomic E-state index is 13.8. The minimum absolute atomic E-state index is 0.0236. The van der Waals surface area contributed by atoms with Gasteiger partial charge in [-0.3, -0.25) is 0 Å². The first-order valence-electron chi connectivity index (χ1n) is 5.91. The van der Waals surface area contributed by atoms with Crippen LogP contribution in [-0.4, -0.2) is 12.2 Å². The van der Waals surface area contributed by atoms with Crippen molar-refractivity contribution in [3.8, 4) is 5.75 Å². The fourth-order valence-corrected chi connectivity index (χ4v) is 2.16. The van der Waals surface area contributed by atoms with E-state index in [9.17, 15) is 13.9 Å². The highest BCUT2D eigenvalue weighted by Gasteiger charge is 2.20. The Morgan fingerprint density at radius 1 is 1.10 bits per heavy atom. The summed E-state index contributed by atoms with van der Waals surface area (Å²) >= 11 is 5.88. The van der Waals surface area contributed by atoms with Gasteiger partial charge in [0.2, 0.25) is 0 Å². The van der Waals surface area contributed by atoms with Gasteiger partial charge in [0.25, 0.3) is 0 Å². The van der Waals surface area contributed by atoms with Crippen LogP contribution in [0.2, 0.25) is 5.02 Å². The highest BCUT2D eigenvalue weighted by Crippen LogP contribution is 2.34. The van der Waals surface area contributed by atoms with E-state index in [-0.39, 0.29) is 11.1 Å². The van der Waals surface area contributed by atoms with Crippen molar-refractivity contribution in [1.29, 1.82) is 0 Å². The zero-order chi connectivity index (χ0) is 14.9. The van der Waals surface area contributed by atoms with E-state index in [1.165, 1.54) is 26.2 Å². The molecule has 0 radical (unpaired) electrons. The van der Waals surface area contributed by atoms with Gasteiger partial charge in [0.1, 0.15) is 23.5 Å². The fraction of sp³-hybridized carbons (Fsp3) is 0.200. The summed E-state index contributed by atoms with van der Waals surface area (Å²) in [6, 6.07) is 6.70. The normalized spacial score (nSPS) is 12.3. The largest absolute Gasteiger partial charge is 0.496 e. The van der Waals surface area contributed by atoms with Gasteiger partial charge < -0.3 is 9.84 Å². The number of halogens is 3. The topological polar surface area (TPSA) is 29.5 Å². The summed E-state index contributed by atoms with van der Waals surface area (Å²) in [7, 11) is 1.44. The summed E-state index contributed by atoms with van der Waals surface area (Å²) in [4.78, 5) is 0. The summed E-state index contributed by atoms with van der Waals surface area (Å²) in [6.07, 6.45) is -1.29. The summed E-state index contributed by atoms with van der Waals surface area (Å²) in [6.45, 7) is 1.50. The van der Waals surface area contributed by atoms with Crippen LogP contribution in [0.4, 0.5) is 8.78 Å². The standard InChI is InChI=1S/C15H13ClF2O2/c1-8-5-10(13(18)7-12(8)17)15(19)11-6-9(16)3-4-14(11)20-2/h3-7,15,19H,1-2H3. The molecule has 0 spiro atoms. The molecule has 0 saturated carbocycles. The van der Waals surface area contributed by atoms with E-state index in [1.54, 1.807) is 12.1 Å². The molecule has 0 aliphatic carbocycles. The van der Waals surface area contributed by atoms with Crippen molar-refractivity contribution in [1.82, 2.24) is 0 Å². The zero-order valence-electron chi connectivity index (χ0n) is 11.0. The lowest BCUT2D eigenvalue weighted by Gasteiger charge is -2.17. The molecule has 0 heterocycles.